The average Bonchev–Trinajstić information content (AvgIpc) is 2.93. The summed E-state index contributed by atoms with van der Waals surface area (Å²) < 4.78 is 2.00. The van der Waals surface area contributed by atoms with Gasteiger partial charge in [-0.1, -0.05) is 37.3 Å². The molecule has 1 aromatic carbocycles. The van der Waals surface area contributed by atoms with Gasteiger partial charge in [-0.15, -0.1) is 0 Å². The van der Waals surface area contributed by atoms with Crippen LogP contribution in [0.3, 0.4) is 0 Å². The fourth-order valence-corrected chi connectivity index (χ4v) is 5.38. The number of nitrogens with zero attached hydrogens (tertiary/aromatic N) is 2. The maximum absolute atomic E-state index is 11.0. The van der Waals surface area contributed by atoms with Crippen molar-refractivity contribution in [3.05, 3.63) is 53.3 Å². The van der Waals surface area contributed by atoms with Gasteiger partial charge in [-0.05, 0) is 68.4 Å². The molecule has 0 bridgehead atoms. The van der Waals surface area contributed by atoms with Crippen LogP contribution in [-0.4, -0.2) is 20.5 Å². The van der Waals surface area contributed by atoms with Crippen molar-refractivity contribution in [2.24, 2.45) is 13.0 Å². The maximum atomic E-state index is 11.0. The number of aryl methyl sites for hydroxylation is 2. The minimum atomic E-state index is -0.482. The first-order chi connectivity index (χ1) is 12.0. The predicted octanol–water partition coefficient (Wildman–Crippen LogP) is 4.18. The third-order valence-corrected chi connectivity index (χ3v) is 6.84. The van der Waals surface area contributed by atoms with Gasteiger partial charge in [-0.2, -0.15) is 5.10 Å². The Morgan fingerprint density at radius 3 is 2.80 bits per heavy atom. The third-order valence-electron chi connectivity index (χ3n) is 6.84. The van der Waals surface area contributed by atoms with Crippen molar-refractivity contribution in [2.75, 3.05) is 0 Å². The molecule has 25 heavy (non-hydrogen) atoms. The van der Waals surface area contributed by atoms with E-state index in [2.05, 4.69) is 43.5 Å². The number of fused-ring (bicyclic) bond motifs is 3. The molecule has 1 fully saturated rings. The number of aromatic nitrogens is 2. The summed E-state index contributed by atoms with van der Waals surface area (Å²) in [4.78, 5) is 0. The van der Waals surface area contributed by atoms with Crippen molar-refractivity contribution in [3.8, 4) is 0 Å². The fourth-order valence-electron chi connectivity index (χ4n) is 5.38. The summed E-state index contributed by atoms with van der Waals surface area (Å²) in [6.07, 6.45) is 10.5. The van der Waals surface area contributed by atoms with Crippen LogP contribution in [0.1, 0.15) is 62.3 Å². The number of aliphatic hydroxyl groups is 1. The normalized spacial score (nSPS) is 31.9. The highest BCUT2D eigenvalue weighted by molar-refractivity contribution is 5.34. The lowest BCUT2D eigenvalue weighted by Gasteiger charge is -2.49. The van der Waals surface area contributed by atoms with Gasteiger partial charge in [0.05, 0.1) is 11.3 Å². The summed E-state index contributed by atoms with van der Waals surface area (Å²) in [7, 11) is 2.05. The molecule has 2 aliphatic rings. The topological polar surface area (TPSA) is 38.1 Å². The van der Waals surface area contributed by atoms with Crippen molar-refractivity contribution >= 4 is 0 Å². The molecule has 1 N–H and O–H groups in total. The highest BCUT2D eigenvalue weighted by Crippen LogP contribution is 2.53. The largest absolute Gasteiger partial charge is 0.390 e. The van der Waals surface area contributed by atoms with E-state index in [1.165, 1.54) is 29.7 Å². The maximum Gasteiger partial charge on any atom is 0.0724 e. The second kappa shape index (κ2) is 6.28. The van der Waals surface area contributed by atoms with Crippen LogP contribution in [0.2, 0.25) is 0 Å². The molecule has 0 radical (unpaired) electrons. The number of rotatable bonds is 3. The molecule has 0 spiro atoms. The molecule has 0 amide bonds. The quantitative estimate of drug-likeness (QED) is 0.912. The standard InChI is InChI=1S/C22H30N2O/c1-3-21(25)12-13-22(14-17-8-5-4-6-9-17)19(15-21)11-7-10-18-16-24(2)23-20(18)22/h4-6,8-9,16,19,25H,3,7,10-15H2,1-2H3/t19-,21-,22-/m1/s1. The van der Waals surface area contributed by atoms with Gasteiger partial charge in [0.15, 0.2) is 0 Å². The lowest BCUT2D eigenvalue weighted by Crippen LogP contribution is -2.49. The molecule has 3 atom stereocenters. The molecule has 3 nitrogen and oxygen atoms in total. The van der Waals surface area contributed by atoms with Crippen molar-refractivity contribution < 1.29 is 5.11 Å². The molecule has 0 saturated heterocycles. The zero-order chi connectivity index (χ0) is 17.5. The van der Waals surface area contributed by atoms with Crippen molar-refractivity contribution in [2.45, 2.75) is 69.3 Å². The fraction of sp³-hybridized carbons (Fsp3) is 0.591. The number of hydrogen-bond acceptors (Lipinski definition) is 2. The molecule has 3 heteroatoms. The van der Waals surface area contributed by atoms with Gasteiger partial charge in [0.2, 0.25) is 0 Å². The summed E-state index contributed by atoms with van der Waals surface area (Å²) in [5, 5.41) is 16.0. The van der Waals surface area contributed by atoms with E-state index in [9.17, 15) is 5.11 Å². The van der Waals surface area contributed by atoms with Crippen LogP contribution in [0, 0.1) is 5.92 Å². The smallest absolute Gasteiger partial charge is 0.0724 e. The molecule has 1 saturated carbocycles. The van der Waals surface area contributed by atoms with Crippen LogP contribution in [0.5, 0.6) is 0 Å². The minimum Gasteiger partial charge on any atom is -0.390 e. The molecule has 4 rings (SSSR count). The van der Waals surface area contributed by atoms with Gasteiger partial charge >= 0.3 is 0 Å². The van der Waals surface area contributed by atoms with Crippen LogP contribution >= 0.6 is 0 Å². The summed E-state index contributed by atoms with van der Waals surface area (Å²) in [5.41, 5.74) is 3.75. The van der Waals surface area contributed by atoms with E-state index < -0.39 is 5.60 Å². The monoisotopic (exact) mass is 338 g/mol. The van der Waals surface area contributed by atoms with Crippen molar-refractivity contribution in [3.63, 3.8) is 0 Å². The molecule has 1 aromatic heterocycles. The van der Waals surface area contributed by atoms with E-state index in [0.717, 1.165) is 38.5 Å². The van der Waals surface area contributed by atoms with Crippen molar-refractivity contribution in [1.82, 2.24) is 9.78 Å². The van der Waals surface area contributed by atoms with Crippen LogP contribution in [-0.2, 0) is 25.3 Å². The third kappa shape index (κ3) is 2.93. The number of benzene rings is 1. The van der Waals surface area contributed by atoms with Gasteiger partial charge in [0, 0.05) is 18.7 Å². The van der Waals surface area contributed by atoms with Gasteiger partial charge in [-0.3, -0.25) is 4.68 Å². The lowest BCUT2D eigenvalue weighted by atomic mass is 9.57. The Balaban J connectivity index is 1.80. The second-order valence-corrected chi connectivity index (χ2v) is 8.37. The summed E-state index contributed by atoms with van der Waals surface area (Å²) in [6, 6.07) is 10.9. The van der Waals surface area contributed by atoms with Gasteiger partial charge < -0.3 is 5.11 Å². The molecular weight excluding hydrogens is 308 g/mol. The Hall–Kier alpha value is -1.61. The first-order valence-corrected chi connectivity index (χ1v) is 9.84. The van der Waals surface area contributed by atoms with E-state index in [0.29, 0.717) is 5.92 Å². The van der Waals surface area contributed by atoms with E-state index in [1.54, 1.807) is 0 Å². The summed E-state index contributed by atoms with van der Waals surface area (Å²) in [5.74, 6) is 0.516. The molecule has 0 unspecified atom stereocenters. The van der Waals surface area contributed by atoms with Gasteiger partial charge in [0.25, 0.3) is 0 Å². The average molecular weight is 338 g/mol. The highest BCUT2D eigenvalue weighted by Gasteiger charge is 2.51. The predicted molar refractivity (Wildman–Crippen MR) is 101 cm³/mol. The van der Waals surface area contributed by atoms with E-state index in [4.69, 9.17) is 5.10 Å². The Kier molecular flexibility index (Phi) is 4.23. The second-order valence-electron chi connectivity index (χ2n) is 8.37. The molecule has 0 aliphatic heterocycles. The molecule has 2 aliphatic carbocycles. The molecule has 134 valence electrons. The minimum absolute atomic E-state index is 0.0792. The molecular formula is C22H30N2O. The lowest BCUT2D eigenvalue weighted by molar-refractivity contribution is -0.0507. The van der Waals surface area contributed by atoms with Crippen LogP contribution in [0.4, 0.5) is 0 Å². The highest BCUT2D eigenvalue weighted by atomic mass is 16.3. The van der Waals surface area contributed by atoms with Gasteiger partial charge in [0.1, 0.15) is 0 Å². The van der Waals surface area contributed by atoms with Crippen LogP contribution in [0.25, 0.3) is 0 Å². The zero-order valence-electron chi connectivity index (χ0n) is 15.5. The summed E-state index contributed by atoms with van der Waals surface area (Å²) >= 11 is 0. The van der Waals surface area contributed by atoms with Crippen LogP contribution < -0.4 is 0 Å². The summed E-state index contributed by atoms with van der Waals surface area (Å²) in [6.45, 7) is 2.13. The number of hydrogen-bond donors (Lipinski definition) is 1. The van der Waals surface area contributed by atoms with Gasteiger partial charge in [-0.25, -0.2) is 0 Å². The Bertz CT molecular complexity index is 738. The molecule has 2 aromatic rings. The zero-order valence-corrected chi connectivity index (χ0v) is 15.5. The Labute approximate surface area is 151 Å². The SMILES string of the molecule is CC[C@@]1(O)CC[C@]2(Cc3ccccc3)c3nn(C)cc3CCC[C@@H]2C1. The van der Waals surface area contributed by atoms with Crippen LogP contribution in [0.15, 0.2) is 36.5 Å². The molecule has 1 heterocycles. The van der Waals surface area contributed by atoms with Crippen molar-refractivity contribution in [1.29, 1.82) is 0 Å². The van der Waals surface area contributed by atoms with E-state index in [-0.39, 0.29) is 5.41 Å². The van der Waals surface area contributed by atoms with E-state index >= 15 is 0 Å². The Morgan fingerprint density at radius 2 is 2.04 bits per heavy atom. The first kappa shape index (κ1) is 16.8. The van der Waals surface area contributed by atoms with E-state index in [1.807, 2.05) is 11.7 Å². The Morgan fingerprint density at radius 1 is 1.24 bits per heavy atom. The first-order valence-electron chi connectivity index (χ1n) is 9.84.